The van der Waals surface area contributed by atoms with Crippen LogP contribution in [0, 0.1) is 0 Å². The highest BCUT2D eigenvalue weighted by atomic mass is 16.2. The van der Waals surface area contributed by atoms with Gasteiger partial charge in [0.15, 0.2) is 5.78 Å². The predicted molar refractivity (Wildman–Crippen MR) is 73.1 cm³/mol. The van der Waals surface area contributed by atoms with Crippen molar-refractivity contribution in [2.45, 2.75) is 20.4 Å². The van der Waals surface area contributed by atoms with Gasteiger partial charge in [-0.2, -0.15) is 0 Å². The van der Waals surface area contributed by atoms with E-state index in [1.807, 2.05) is 49.2 Å². The number of hydrogen-bond donors (Lipinski definition) is 1. The molecule has 1 aromatic rings. The minimum Gasteiger partial charge on any atom is -0.515 e. The van der Waals surface area contributed by atoms with E-state index in [0.717, 1.165) is 18.5 Å². The van der Waals surface area contributed by atoms with E-state index in [-0.39, 0.29) is 5.78 Å². The van der Waals surface area contributed by atoms with Crippen LogP contribution in [0.4, 0.5) is 0 Å². The lowest BCUT2D eigenvalue weighted by molar-refractivity contribution is -0.111. The van der Waals surface area contributed by atoms with Crippen molar-refractivity contribution in [3.05, 3.63) is 59.5 Å². The molecule has 0 radical (unpaired) electrons. The Hall–Kier alpha value is -2.03. The second kappa shape index (κ2) is 6.64. The minimum atomic E-state index is -0.171. The molecule has 1 N–H and O–H groups in total. The van der Waals surface area contributed by atoms with Gasteiger partial charge in [0.2, 0.25) is 0 Å². The summed E-state index contributed by atoms with van der Waals surface area (Å²) in [7, 11) is 1.93. The van der Waals surface area contributed by atoms with Crippen molar-refractivity contribution in [3.8, 4) is 0 Å². The molecule has 0 saturated carbocycles. The predicted octanol–water partition coefficient (Wildman–Crippen LogP) is 3.05. The summed E-state index contributed by atoms with van der Waals surface area (Å²) in [4.78, 5) is 13.6. The van der Waals surface area contributed by atoms with Gasteiger partial charge in [-0.15, -0.1) is 0 Å². The summed E-state index contributed by atoms with van der Waals surface area (Å²) in [6, 6.07) is 10.1. The van der Waals surface area contributed by atoms with Gasteiger partial charge >= 0.3 is 0 Å². The van der Waals surface area contributed by atoms with Crippen LogP contribution in [0.5, 0.6) is 0 Å². The first-order valence-corrected chi connectivity index (χ1v) is 5.83. The fraction of sp³-hybridized carbons (Fsp3) is 0.267. The summed E-state index contributed by atoms with van der Waals surface area (Å²) in [5.74, 6) is -0.171. The molecule has 3 heteroatoms. The van der Waals surface area contributed by atoms with Crippen LogP contribution in [0.2, 0.25) is 0 Å². The Morgan fingerprint density at radius 3 is 2.44 bits per heavy atom. The van der Waals surface area contributed by atoms with Crippen LogP contribution in [0.1, 0.15) is 19.4 Å². The summed E-state index contributed by atoms with van der Waals surface area (Å²) in [6.07, 6.45) is 2.37. The van der Waals surface area contributed by atoms with Crippen molar-refractivity contribution in [1.29, 1.82) is 0 Å². The molecule has 0 aliphatic carbocycles. The third kappa shape index (κ3) is 4.09. The van der Waals surface area contributed by atoms with Crippen LogP contribution < -0.4 is 0 Å². The third-order valence-corrected chi connectivity index (χ3v) is 2.79. The van der Waals surface area contributed by atoms with Crippen LogP contribution in [-0.4, -0.2) is 22.8 Å². The van der Waals surface area contributed by atoms with Crippen LogP contribution >= 0.6 is 0 Å². The molecule has 0 aromatic heterocycles. The van der Waals surface area contributed by atoms with Gasteiger partial charge < -0.3 is 10.0 Å². The summed E-state index contributed by atoms with van der Waals surface area (Å²) in [6.45, 7) is 4.22. The number of nitrogens with zero attached hydrogens (tertiary/aromatic N) is 1. The highest BCUT2D eigenvalue weighted by Gasteiger charge is 2.05. The van der Waals surface area contributed by atoms with Crippen molar-refractivity contribution in [2.24, 2.45) is 0 Å². The Labute approximate surface area is 108 Å². The van der Waals surface area contributed by atoms with Crippen molar-refractivity contribution >= 4 is 5.78 Å². The van der Waals surface area contributed by atoms with Gasteiger partial charge in [-0.3, -0.25) is 4.79 Å². The Morgan fingerprint density at radius 1 is 1.28 bits per heavy atom. The summed E-state index contributed by atoms with van der Waals surface area (Å²) >= 11 is 0. The van der Waals surface area contributed by atoms with Gasteiger partial charge in [0.1, 0.15) is 0 Å². The first-order valence-electron chi connectivity index (χ1n) is 5.83. The molecule has 96 valence electrons. The molecule has 0 bridgehead atoms. The summed E-state index contributed by atoms with van der Waals surface area (Å²) in [5.41, 5.74) is 2.39. The Kier molecular flexibility index (Phi) is 5.18. The molecular formula is C15H19NO2. The Balaban J connectivity index is 2.70. The average Bonchev–Trinajstić information content (AvgIpc) is 2.38. The van der Waals surface area contributed by atoms with Crippen molar-refractivity contribution in [2.75, 3.05) is 7.05 Å². The maximum Gasteiger partial charge on any atom is 0.186 e. The normalized spacial score (nSPS) is 12.4. The van der Waals surface area contributed by atoms with Crippen LogP contribution in [0.15, 0.2) is 53.9 Å². The smallest absolute Gasteiger partial charge is 0.186 e. The van der Waals surface area contributed by atoms with E-state index < -0.39 is 0 Å². The third-order valence-electron chi connectivity index (χ3n) is 2.79. The minimum absolute atomic E-state index is 0.171. The van der Waals surface area contributed by atoms with E-state index in [0.29, 0.717) is 5.57 Å². The molecule has 0 fully saturated rings. The lowest BCUT2D eigenvalue weighted by Gasteiger charge is -2.19. The van der Waals surface area contributed by atoms with Gasteiger partial charge in [0.05, 0.1) is 6.26 Å². The highest BCUT2D eigenvalue weighted by Crippen LogP contribution is 2.09. The van der Waals surface area contributed by atoms with E-state index in [1.165, 1.54) is 11.6 Å². The molecular weight excluding hydrogens is 226 g/mol. The lowest BCUT2D eigenvalue weighted by atomic mass is 10.1. The van der Waals surface area contributed by atoms with Gasteiger partial charge in [0.25, 0.3) is 0 Å². The van der Waals surface area contributed by atoms with Crippen LogP contribution in [0.25, 0.3) is 0 Å². The van der Waals surface area contributed by atoms with E-state index in [2.05, 4.69) is 0 Å². The zero-order valence-electron chi connectivity index (χ0n) is 11.1. The largest absolute Gasteiger partial charge is 0.515 e. The fourth-order valence-electron chi connectivity index (χ4n) is 1.46. The lowest BCUT2D eigenvalue weighted by Crippen LogP contribution is -2.16. The van der Waals surface area contributed by atoms with Gasteiger partial charge in [0, 0.05) is 30.9 Å². The number of aliphatic hydroxyl groups is 1. The summed E-state index contributed by atoms with van der Waals surface area (Å²) < 4.78 is 0. The number of aliphatic hydroxyl groups excluding tert-OH is 1. The highest BCUT2D eigenvalue weighted by molar-refractivity contribution is 6.03. The second-order valence-electron chi connectivity index (χ2n) is 4.30. The van der Waals surface area contributed by atoms with Crippen molar-refractivity contribution in [1.82, 2.24) is 4.90 Å². The Bertz CT molecular complexity index is 461. The first kappa shape index (κ1) is 14.0. The molecule has 0 unspecified atom stereocenters. The molecule has 0 amide bonds. The van der Waals surface area contributed by atoms with E-state index in [9.17, 15) is 4.79 Å². The fourth-order valence-corrected chi connectivity index (χ4v) is 1.46. The zero-order chi connectivity index (χ0) is 13.5. The topological polar surface area (TPSA) is 40.5 Å². The number of carbonyl (C=O) groups is 1. The van der Waals surface area contributed by atoms with Crippen molar-refractivity contribution < 1.29 is 9.90 Å². The Morgan fingerprint density at radius 2 is 1.89 bits per heavy atom. The number of ketones is 1. The van der Waals surface area contributed by atoms with Crippen LogP contribution in [-0.2, 0) is 11.3 Å². The van der Waals surface area contributed by atoms with Gasteiger partial charge in [-0.05, 0) is 19.4 Å². The number of carbonyl (C=O) groups excluding carboxylic acids is 1. The van der Waals surface area contributed by atoms with Gasteiger partial charge in [-0.1, -0.05) is 30.3 Å². The van der Waals surface area contributed by atoms with E-state index in [4.69, 9.17) is 5.11 Å². The molecule has 1 aromatic carbocycles. The second-order valence-corrected chi connectivity index (χ2v) is 4.30. The molecule has 0 heterocycles. The number of rotatable bonds is 5. The molecule has 18 heavy (non-hydrogen) atoms. The molecule has 0 saturated heterocycles. The zero-order valence-corrected chi connectivity index (χ0v) is 11.1. The SMILES string of the molecule is C/C(=C/C(=O)/C(C)=C/O)N(C)Cc1ccccc1. The molecule has 3 nitrogen and oxygen atoms in total. The molecule has 0 spiro atoms. The maximum atomic E-state index is 11.6. The monoisotopic (exact) mass is 245 g/mol. The quantitative estimate of drug-likeness (QED) is 0.640. The first-order chi connectivity index (χ1) is 8.54. The van der Waals surface area contributed by atoms with Gasteiger partial charge in [-0.25, -0.2) is 0 Å². The number of benzene rings is 1. The number of allylic oxidation sites excluding steroid dienone is 3. The average molecular weight is 245 g/mol. The molecule has 0 aliphatic heterocycles. The molecule has 1 rings (SSSR count). The van der Waals surface area contributed by atoms with E-state index in [1.54, 1.807) is 6.92 Å². The molecule has 0 aliphatic rings. The van der Waals surface area contributed by atoms with Crippen molar-refractivity contribution in [3.63, 3.8) is 0 Å². The maximum absolute atomic E-state index is 11.6. The standard InChI is InChI=1S/C15H19NO2/c1-12(11-17)15(18)9-13(2)16(3)10-14-7-5-4-6-8-14/h4-9,11,17H,10H2,1-3H3/b12-11+,13-9-. The molecule has 0 atom stereocenters. The summed E-state index contributed by atoms with van der Waals surface area (Å²) in [5, 5.41) is 8.77. The number of hydrogen-bond acceptors (Lipinski definition) is 3. The van der Waals surface area contributed by atoms with E-state index >= 15 is 0 Å². The van der Waals surface area contributed by atoms with Crippen LogP contribution in [0.3, 0.4) is 0 Å².